The molecule has 0 bridgehead atoms. The number of ether oxygens (including phenoxy) is 4. The van der Waals surface area contributed by atoms with Gasteiger partial charge in [0.1, 0.15) is 11.5 Å². The molecule has 0 aliphatic carbocycles. The van der Waals surface area contributed by atoms with Crippen molar-refractivity contribution in [1.29, 1.82) is 0 Å². The lowest BCUT2D eigenvalue weighted by molar-refractivity contribution is -0.136. The Morgan fingerprint density at radius 1 is 0.775 bits per heavy atom. The van der Waals surface area contributed by atoms with Crippen molar-refractivity contribution in [2.24, 2.45) is 5.10 Å². The van der Waals surface area contributed by atoms with E-state index in [2.05, 4.69) is 21.2 Å². The Bertz CT molecular complexity index is 1310. The maximum atomic E-state index is 12.3. The molecule has 0 saturated carbocycles. The van der Waals surface area contributed by atoms with Crippen molar-refractivity contribution >= 4 is 35.3 Å². The largest absolute Gasteiger partial charge is 0.494 e. The van der Waals surface area contributed by atoms with E-state index in [9.17, 15) is 14.4 Å². The number of benzene rings is 3. The second kappa shape index (κ2) is 15.4. The van der Waals surface area contributed by atoms with Crippen LogP contribution in [0.15, 0.2) is 71.8 Å². The zero-order valence-corrected chi connectivity index (χ0v) is 22.6. The van der Waals surface area contributed by atoms with Crippen LogP contribution in [0.5, 0.6) is 23.0 Å². The van der Waals surface area contributed by atoms with Crippen LogP contribution in [-0.2, 0) is 14.4 Å². The Morgan fingerprint density at radius 2 is 1.43 bits per heavy atom. The lowest BCUT2D eigenvalue weighted by Gasteiger charge is -2.12. The first-order valence-electron chi connectivity index (χ1n) is 12.6. The molecule has 0 fully saturated rings. The summed E-state index contributed by atoms with van der Waals surface area (Å²) in [5, 5.41) is 9.05. The summed E-state index contributed by atoms with van der Waals surface area (Å²) in [4.78, 5) is 36.5. The number of nitrogens with zero attached hydrogens (tertiary/aromatic N) is 1. The Hall–Kier alpha value is -5.06. The number of methoxy groups -OCH3 is 1. The highest BCUT2D eigenvalue weighted by molar-refractivity contribution is 6.39. The predicted octanol–water partition coefficient (Wildman–Crippen LogP) is 3.99. The Labute approximate surface area is 232 Å². The molecule has 0 heterocycles. The molecule has 40 heavy (non-hydrogen) atoms. The summed E-state index contributed by atoms with van der Waals surface area (Å²) in [6, 6.07) is 18.6. The third kappa shape index (κ3) is 9.35. The standard InChI is InChI=1S/C29H32N4O7/c1-4-16-39-24-13-9-22(10-14-24)32-28(35)29(36)33-30-18-20-6-15-25(26(17-20)37-3)40-19-27(34)31-21-7-11-23(12-8-21)38-5-2/h6-15,17-18H,4-5,16,19H2,1-3H3,(H,31,34)(H,32,35)(H,33,36)/b30-18-. The summed E-state index contributed by atoms with van der Waals surface area (Å²) >= 11 is 0. The van der Waals surface area contributed by atoms with Crippen molar-refractivity contribution in [3.8, 4) is 23.0 Å². The van der Waals surface area contributed by atoms with Crippen LogP contribution >= 0.6 is 0 Å². The molecule has 0 atom stereocenters. The first-order valence-corrected chi connectivity index (χ1v) is 12.6. The molecular weight excluding hydrogens is 516 g/mol. The van der Waals surface area contributed by atoms with Gasteiger partial charge in [-0.05, 0) is 85.6 Å². The number of anilines is 2. The third-order valence-electron chi connectivity index (χ3n) is 5.17. The second-order valence-electron chi connectivity index (χ2n) is 8.23. The fourth-order valence-corrected chi connectivity index (χ4v) is 3.28. The third-order valence-corrected chi connectivity index (χ3v) is 5.17. The summed E-state index contributed by atoms with van der Waals surface area (Å²) in [7, 11) is 1.46. The highest BCUT2D eigenvalue weighted by Gasteiger charge is 2.13. The van der Waals surface area contributed by atoms with E-state index in [-0.39, 0.29) is 12.5 Å². The van der Waals surface area contributed by atoms with Crippen LogP contribution in [0, 0.1) is 0 Å². The highest BCUT2D eigenvalue weighted by Crippen LogP contribution is 2.27. The van der Waals surface area contributed by atoms with Gasteiger partial charge >= 0.3 is 11.8 Å². The van der Waals surface area contributed by atoms with Crippen molar-refractivity contribution in [1.82, 2.24) is 5.43 Å². The molecule has 0 aromatic heterocycles. The second-order valence-corrected chi connectivity index (χ2v) is 8.23. The minimum Gasteiger partial charge on any atom is -0.494 e. The summed E-state index contributed by atoms with van der Waals surface area (Å²) in [5.74, 6) is -0.0692. The maximum Gasteiger partial charge on any atom is 0.329 e. The fraction of sp³-hybridized carbons (Fsp3) is 0.241. The molecule has 0 aliphatic rings. The van der Waals surface area contributed by atoms with Gasteiger partial charge in [0.05, 0.1) is 26.5 Å². The average Bonchev–Trinajstić information content (AvgIpc) is 2.97. The van der Waals surface area contributed by atoms with Gasteiger partial charge in [-0.2, -0.15) is 5.10 Å². The molecule has 11 nitrogen and oxygen atoms in total. The van der Waals surface area contributed by atoms with Crippen molar-refractivity contribution in [3.05, 3.63) is 72.3 Å². The minimum absolute atomic E-state index is 0.239. The van der Waals surface area contributed by atoms with Crippen molar-refractivity contribution in [3.63, 3.8) is 0 Å². The number of carbonyl (C=O) groups excluding carboxylic acids is 3. The molecule has 0 unspecified atom stereocenters. The van der Waals surface area contributed by atoms with Gasteiger partial charge in [-0.1, -0.05) is 6.92 Å². The van der Waals surface area contributed by atoms with Gasteiger partial charge in [0.2, 0.25) is 0 Å². The molecule has 210 valence electrons. The van der Waals surface area contributed by atoms with E-state index in [0.717, 1.165) is 6.42 Å². The first kappa shape index (κ1) is 29.5. The molecule has 0 saturated heterocycles. The molecule has 3 amide bonds. The number of nitrogens with one attached hydrogen (secondary N) is 3. The number of hydrogen-bond donors (Lipinski definition) is 3. The van der Waals surface area contributed by atoms with Gasteiger partial charge in [-0.3, -0.25) is 14.4 Å². The summed E-state index contributed by atoms with van der Waals surface area (Å²) in [6.07, 6.45) is 2.23. The fourth-order valence-electron chi connectivity index (χ4n) is 3.28. The lowest BCUT2D eigenvalue weighted by atomic mass is 10.2. The van der Waals surface area contributed by atoms with E-state index in [1.54, 1.807) is 66.7 Å². The molecule has 3 aromatic rings. The van der Waals surface area contributed by atoms with Gasteiger partial charge in [-0.15, -0.1) is 0 Å². The zero-order valence-electron chi connectivity index (χ0n) is 22.6. The van der Waals surface area contributed by atoms with E-state index in [4.69, 9.17) is 18.9 Å². The molecule has 3 N–H and O–H groups in total. The smallest absolute Gasteiger partial charge is 0.329 e. The first-order chi connectivity index (χ1) is 19.4. The molecular formula is C29H32N4O7. The highest BCUT2D eigenvalue weighted by atomic mass is 16.5. The molecule has 0 radical (unpaired) electrons. The predicted molar refractivity (Wildman–Crippen MR) is 151 cm³/mol. The number of hydrogen-bond acceptors (Lipinski definition) is 8. The Morgan fingerprint density at radius 3 is 2.05 bits per heavy atom. The number of carbonyl (C=O) groups is 3. The molecule has 3 aromatic carbocycles. The zero-order chi connectivity index (χ0) is 28.7. The van der Waals surface area contributed by atoms with E-state index < -0.39 is 11.8 Å². The van der Waals surface area contributed by atoms with Crippen LogP contribution in [0.1, 0.15) is 25.8 Å². The number of hydrazone groups is 1. The van der Waals surface area contributed by atoms with Gasteiger partial charge < -0.3 is 29.6 Å². The van der Waals surface area contributed by atoms with Crippen LogP contribution < -0.4 is 35.0 Å². The SMILES string of the molecule is CCCOc1ccc(NC(=O)C(=O)N/N=C\c2ccc(OCC(=O)Nc3ccc(OCC)cc3)c(OC)c2)cc1. The van der Waals surface area contributed by atoms with Crippen molar-refractivity contribution in [2.75, 3.05) is 37.6 Å². The quantitative estimate of drug-likeness (QED) is 0.167. The summed E-state index contributed by atoms with van der Waals surface area (Å²) in [5.41, 5.74) is 3.80. The van der Waals surface area contributed by atoms with Crippen LogP contribution in [-0.4, -0.2) is 50.9 Å². The van der Waals surface area contributed by atoms with E-state index in [0.29, 0.717) is 53.2 Å². The number of amides is 3. The van der Waals surface area contributed by atoms with Crippen LogP contribution in [0.2, 0.25) is 0 Å². The Balaban J connectivity index is 1.47. The molecule has 11 heteroatoms. The Kier molecular flexibility index (Phi) is 11.3. The monoisotopic (exact) mass is 548 g/mol. The average molecular weight is 549 g/mol. The van der Waals surface area contributed by atoms with Gasteiger partial charge in [-0.25, -0.2) is 5.43 Å². The minimum atomic E-state index is -0.937. The lowest BCUT2D eigenvalue weighted by Crippen LogP contribution is -2.32. The van der Waals surface area contributed by atoms with Crippen LogP contribution in [0.4, 0.5) is 11.4 Å². The van der Waals surface area contributed by atoms with Crippen LogP contribution in [0.3, 0.4) is 0 Å². The van der Waals surface area contributed by atoms with Crippen LogP contribution in [0.25, 0.3) is 0 Å². The molecule has 3 rings (SSSR count). The summed E-state index contributed by atoms with van der Waals surface area (Å²) < 4.78 is 21.8. The maximum absolute atomic E-state index is 12.3. The molecule has 0 aliphatic heterocycles. The number of rotatable bonds is 13. The van der Waals surface area contributed by atoms with Gasteiger partial charge in [0.15, 0.2) is 18.1 Å². The van der Waals surface area contributed by atoms with Gasteiger partial charge in [0.25, 0.3) is 5.91 Å². The summed E-state index contributed by atoms with van der Waals surface area (Å²) in [6.45, 7) is 4.81. The van der Waals surface area contributed by atoms with E-state index >= 15 is 0 Å². The van der Waals surface area contributed by atoms with Crippen molar-refractivity contribution in [2.45, 2.75) is 20.3 Å². The van der Waals surface area contributed by atoms with E-state index in [1.807, 2.05) is 13.8 Å². The topological polar surface area (TPSA) is 137 Å². The molecule has 0 spiro atoms. The normalized spacial score (nSPS) is 10.5. The van der Waals surface area contributed by atoms with Gasteiger partial charge in [0, 0.05) is 11.4 Å². The van der Waals surface area contributed by atoms with E-state index in [1.165, 1.54) is 13.3 Å². The van der Waals surface area contributed by atoms with Crippen molar-refractivity contribution < 1.29 is 33.3 Å².